The molecule has 0 saturated carbocycles. The zero-order valence-electron chi connectivity index (χ0n) is 30.5. The van der Waals surface area contributed by atoms with Gasteiger partial charge in [0.1, 0.15) is 0 Å². The third-order valence-corrected chi connectivity index (χ3v) is 10.5. The smallest absolute Gasteiger partial charge is 0.160 e. The number of fused-ring (bicyclic) bond motifs is 3. The van der Waals surface area contributed by atoms with Crippen LogP contribution in [0.4, 0.5) is 0 Å². The van der Waals surface area contributed by atoms with E-state index in [1.165, 1.54) is 33.0 Å². The van der Waals surface area contributed by atoms with Crippen molar-refractivity contribution in [2.24, 2.45) is 0 Å². The van der Waals surface area contributed by atoms with E-state index in [0.717, 1.165) is 61.4 Å². The molecule has 2 aromatic heterocycles. The third-order valence-electron chi connectivity index (χ3n) is 10.5. The van der Waals surface area contributed by atoms with E-state index in [4.69, 9.17) is 15.0 Å². The van der Waals surface area contributed by atoms with Crippen LogP contribution < -0.4 is 0 Å². The van der Waals surface area contributed by atoms with Crippen LogP contribution >= 0.6 is 0 Å². The predicted octanol–water partition coefficient (Wildman–Crippen LogP) is 13.8. The number of hydrogen-bond acceptors (Lipinski definition) is 3. The topological polar surface area (TPSA) is 38.7 Å². The maximum atomic E-state index is 5.20. The van der Waals surface area contributed by atoms with Crippen molar-refractivity contribution in [2.45, 2.75) is 0 Å². The molecule has 0 atom stereocenters. The number of pyridine rings is 1. The van der Waals surface area contributed by atoms with E-state index in [9.17, 15) is 0 Å². The van der Waals surface area contributed by atoms with Crippen molar-refractivity contribution < 1.29 is 0 Å². The van der Waals surface area contributed by atoms with Crippen molar-refractivity contribution in [1.29, 1.82) is 0 Å². The van der Waals surface area contributed by atoms with Crippen molar-refractivity contribution in [1.82, 2.24) is 15.0 Å². The summed E-state index contributed by atoms with van der Waals surface area (Å²) < 4.78 is 0. The van der Waals surface area contributed by atoms with Gasteiger partial charge in [0, 0.05) is 27.6 Å². The van der Waals surface area contributed by atoms with Gasteiger partial charge in [0.2, 0.25) is 0 Å². The van der Waals surface area contributed by atoms with Crippen molar-refractivity contribution in [3.05, 3.63) is 212 Å². The van der Waals surface area contributed by atoms with E-state index in [1.54, 1.807) is 0 Å². The van der Waals surface area contributed by atoms with Crippen molar-refractivity contribution in [3.63, 3.8) is 0 Å². The summed E-state index contributed by atoms with van der Waals surface area (Å²) >= 11 is 0. The van der Waals surface area contributed by atoms with Crippen LogP contribution in [0.1, 0.15) is 0 Å². The van der Waals surface area contributed by atoms with E-state index in [-0.39, 0.29) is 0 Å². The highest BCUT2D eigenvalue weighted by Crippen LogP contribution is 2.40. The molecule has 0 N–H and O–H groups in total. The SMILES string of the molecule is c1ccc(-c2cc(-c3ccc(-c4cccc(-c5cccc6c5ccc5nc(-c7ccccc7)cc(-c7ccccc7)c56)c4)cc3)nc(-c3ccccc3)n2)cc1. The van der Waals surface area contributed by atoms with Crippen LogP contribution in [-0.4, -0.2) is 15.0 Å². The Morgan fingerprint density at radius 3 is 1.39 bits per heavy atom. The molecule has 3 heteroatoms. The fourth-order valence-electron chi connectivity index (χ4n) is 7.72. The van der Waals surface area contributed by atoms with Gasteiger partial charge in [-0.2, -0.15) is 0 Å². The Balaban J connectivity index is 1.04. The lowest BCUT2D eigenvalue weighted by molar-refractivity contribution is 1.18. The summed E-state index contributed by atoms with van der Waals surface area (Å²) in [6, 6.07) is 74.6. The van der Waals surface area contributed by atoms with Crippen LogP contribution in [0.3, 0.4) is 0 Å². The molecule has 0 aliphatic rings. The average Bonchev–Trinajstić information content (AvgIpc) is 3.29. The van der Waals surface area contributed by atoms with Crippen molar-refractivity contribution >= 4 is 21.7 Å². The Bertz CT molecular complexity index is 2920. The van der Waals surface area contributed by atoms with E-state index in [2.05, 4.69) is 170 Å². The third kappa shape index (κ3) is 6.31. The van der Waals surface area contributed by atoms with Gasteiger partial charge >= 0.3 is 0 Å². The van der Waals surface area contributed by atoms with Gasteiger partial charge < -0.3 is 0 Å². The van der Waals surface area contributed by atoms with Gasteiger partial charge in [-0.05, 0) is 68.4 Å². The molecule has 3 nitrogen and oxygen atoms in total. The van der Waals surface area contributed by atoms with Gasteiger partial charge in [-0.1, -0.05) is 188 Å². The molecule has 10 rings (SSSR count). The van der Waals surface area contributed by atoms with Crippen LogP contribution in [0.25, 0.3) is 100 Å². The molecule has 2 heterocycles. The lowest BCUT2D eigenvalue weighted by Crippen LogP contribution is -1.95. The number of hydrogen-bond donors (Lipinski definition) is 0. The fourth-order valence-corrected chi connectivity index (χ4v) is 7.72. The molecule has 262 valence electrons. The summed E-state index contributed by atoms with van der Waals surface area (Å²) in [5, 5.41) is 3.55. The highest BCUT2D eigenvalue weighted by molar-refractivity contribution is 6.17. The van der Waals surface area contributed by atoms with Gasteiger partial charge in [0.05, 0.1) is 22.6 Å². The monoisotopic (exact) mass is 713 g/mol. The maximum Gasteiger partial charge on any atom is 0.160 e. The predicted molar refractivity (Wildman–Crippen MR) is 233 cm³/mol. The van der Waals surface area contributed by atoms with Gasteiger partial charge in [-0.15, -0.1) is 0 Å². The average molecular weight is 714 g/mol. The summed E-state index contributed by atoms with van der Waals surface area (Å²) in [6.45, 7) is 0. The zero-order valence-corrected chi connectivity index (χ0v) is 30.5. The molecule has 0 aliphatic heterocycles. The quantitative estimate of drug-likeness (QED) is 0.154. The largest absolute Gasteiger partial charge is 0.248 e. The van der Waals surface area contributed by atoms with Crippen molar-refractivity contribution in [3.8, 4) is 78.5 Å². The van der Waals surface area contributed by atoms with Crippen LogP contribution in [0.2, 0.25) is 0 Å². The number of nitrogens with zero attached hydrogens (tertiary/aromatic N) is 3. The minimum atomic E-state index is 0.713. The Labute approximate surface area is 326 Å². The molecule has 0 fully saturated rings. The minimum Gasteiger partial charge on any atom is -0.248 e. The van der Waals surface area contributed by atoms with Gasteiger partial charge in [-0.25, -0.2) is 15.0 Å². The van der Waals surface area contributed by atoms with E-state index < -0.39 is 0 Å². The molecule has 0 spiro atoms. The second kappa shape index (κ2) is 14.4. The summed E-state index contributed by atoms with van der Waals surface area (Å²) in [5.41, 5.74) is 15.0. The Kier molecular flexibility index (Phi) is 8.51. The fraction of sp³-hybridized carbons (Fsp3) is 0. The van der Waals surface area contributed by atoms with Gasteiger partial charge in [-0.3, -0.25) is 0 Å². The highest BCUT2D eigenvalue weighted by Gasteiger charge is 2.16. The lowest BCUT2D eigenvalue weighted by Gasteiger charge is -2.15. The normalized spacial score (nSPS) is 11.2. The minimum absolute atomic E-state index is 0.713. The first-order valence-corrected chi connectivity index (χ1v) is 18.9. The molecule has 56 heavy (non-hydrogen) atoms. The molecule has 0 radical (unpaired) electrons. The van der Waals surface area contributed by atoms with Gasteiger partial charge in [0.15, 0.2) is 5.82 Å². The number of rotatable bonds is 7. The first-order valence-electron chi connectivity index (χ1n) is 18.9. The molecular weight excluding hydrogens is 679 g/mol. The van der Waals surface area contributed by atoms with Crippen LogP contribution in [0, 0.1) is 0 Å². The second-order valence-corrected chi connectivity index (χ2v) is 14.0. The Morgan fingerprint density at radius 1 is 0.250 bits per heavy atom. The van der Waals surface area contributed by atoms with E-state index in [1.807, 2.05) is 42.5 Å². The van der Waals surface area contributed by atoms with Crippen LogP contribution in [0.5, 0.6) is 0 Å². The van der Waals surface area contributed by atoms with Crippen molar-refractivity contribution in [2.75, 3.05) is 0 Å². The van der Waals surface area contributed by atoms with E-state index >= 15 is 0 Å². The second-order valence-electron chi connectivity index (χ2n) is 14.0. The highest BCUT2D eigenvalue weighted by atomic mass is 14.9. The zero-order chi connectivity index (χ0) is 37.3. The molecule has 0 aliphatic carbocycles. The van der Waals surface area contributed by atoms with Crippen LogP contribution in [0.15, 0.2) is 212 Å². The number of benzene rings is 8. The Hall–Kier alpha value is -7.49. The molecule has 0 amide bonds. The summed E-state index contributed by atoms with van der Waals surface area (Å²) in [7, 11) is 0. The molecule has 0 unspecified atom stereocenters. The van der Waals surface area contributed by atoms with Gasteiger partial charge in [0.25, 0.3) is 0 Å². The molecule has 0 bridgehead atoms. The summed E-state index contributed by atoms with van der Waals surface area (Å²) in [4.78, 5) is 15.2. The lowest BCUT2D eigenvalue weighted by atomic mass is 9.90. The molecular formula is C53H35N3. The first kappa shape index (κ1) is 33.1. The maximum absolute atomic E-state index is 5.20. The Morgan fingerprint density at radius 2 is 0.750 bits per heavy atom. The standard InChI is InChI=1S/C53H35N3/c1-5-15-37(16-6-1)47-34-49(38-17-7-2-8-18-38)54-48-32-31-45-44(25-14-26-46(45)52(47)48)43-24-13-23-42(33-43)36-27-29-40(30-28-36)51-35-50(39-19-9-3-10-20-39)55-53(56-51)41-21-11-4-12-22-41/h1-35H. The summed E-state index contributed by atoms with van der Waals surface area (Å²) in [6.07, 6.45) is 0. The molecule has 8 aromatic carbocycles. The van der Waals surface area contributed by atoms with E-state index in [0.29, 0.717) is 5.82 Å². The first-order chi connectivity index (χ1) is 27.7. The summed E-state index contributed by atoms with van der Waals surface area (Å²) in [5.74, 6) is 0.713. The van der Waals surface area contributed by atoms with Crippen LogP contribution in [-0.2, 0) is 0 Å². The molecule has 10 aromatic rings. The number of aromatic nitrogens is 3. The molecule has 0 saturated heterocycles.